The van der Waals surface area contributed by atoms with Crippen LogP contribution < -0.4 is 10.2 Å². The number of carbonyl (C=O) groups excluding carboxylic acids is 1. The second-order valence-corrected chi connectivity index (χ2v) is 6.78. The maximum atomic E-state index is 12.4. The van der Waals surface area contributed by atoms with Crippen LogP contribution in [0.4, 0.5) is 5.13 Å². The van der Waals surface area contributed by atoms with Gasteiger partial charge in [0, 0.05) is 36.9 Å². The van der Waals surface area contributed by atoms with Gasteiger partial charge in [-0.05, 0) is 31.2 Å². The van der Waals surface area contributed by atoms with Gasteiger partial charge in [-0.3, -0.25) is 4.79 Å². The van der Waals surface area contributed by atoms with E-state index in [2.05, 4.69) is 20.2 Å². The SMILES string of the molecule is CSc1ncccc1C(=O)NC1CCN(c2nccs2)CC1. The molecule has 1 N–H and O–H groups in total. The van der Waals surface area contributed by atoms with E-state index < -0.39 is 0 Å². The number of hydrogen-bond acceptors (Lipinski definition) is 6. The van der Waals surface area contributed by atoms with Gasteiger partial charge >= 0.3 is 0 Å². The van der Waals surface area contributed by atoms with Crippen LogP contribution in [0.15, 0.2) is 34.9 Å². The summed E-state index contributed by atoms with van der Waals surface area (Å²) in [5.41, 5.74) is 0.664. The summed E-state index contributed by atoms with van der Waals surface area (Å²) in [6.45, 7) is 1.86. The number of piperidine rings is 1. The third-order valence-corrected chi connectivity index (χ3v) is 5.27. The molecule has 0 saturated carbocycles. The lowest BCUT2D eigenvalue weighted by Crippen LogP contribution is -2.44. The number of aromatic nitrogens is 2. The molecule has 0 unspecified atom stereocenters. The third-order valence-electron chi connectivity index (χ3n) is 3.73. The Morgan fingerprint density at radius 2 is 2.18 bits per heavy atom. The van der Waals surface area contributed by atoms with Gasteiger partial charge in [-0.15, -0.1) is 23.1 Å². The summed E-state index contributed by atoms with van der Waals surface area (Å²) in [6, 6.07) is 3.86. The molecular weight excluding hydrogens is 316 g/mol. The molecule has 0 aromatic carbocycles. The molecule has 0 radical (unpaired) electrons. The van der Waals surface area contributed by atoms with Crippen molar-refractivity contribution in [3.63, 3.8) is 0 Å². The first-order valence-electron chi connectivity index (χ1n) is 7.22. The second kappa shape index (κ2) is 7.11. The number of thiazole rings is 1. The van der Waals surface area contributed by atoms with Crippen molar-refractivity contribution in [2.75, 3.05) is 24.2 Å². The monoisotopic (exact) mass is 334 g/mol. The maximum absolute atomic E-state index is 12.4. The van der Waals surface area contributed by atoms with Crippen molar-refractivity contribution in [3.8, 4) is 0 Å². The Morgan fingerprint density at radius 1 is 1.36 bits per heavy atom. The van der Waals surface area contributed by atoms with E-state index in [4.69, 9.17) is 0 Å². The minimum absolute atomic E-state index is 0.0230. The lowest BCUT2D eigenvalue weighted by molar-refractivity contribution is 0.0927. The van der Waals surface area contributed by atoms with Crippen LogP contribution in [0.25, 0.3) is 0 Å². The van der Waals surface area contributed by atoms with Gasteiger partial charge in [-0.2, -0.15) is 0 Å². The van der Waals surface area contributed by atoms with Crippen molar-refractivity contribution in [3.05, 3.63) is 35.5 Å². The Balaban J connectivity index is 1.57. The molecule has 2 aromatic heterocycles. The Kier molecular flexibility index (Phi) is 4.94. The average molecular weight is 334 g/mol. The highest BCUT2D eigenvalue weighted by molar-refractivity contribution is 7.98. The molecule has 1 fully saturated rings. The van der Waals surface area contributed by atoms with Gasteiger partial charge in [-0.1, -0.05) is 0 Å². The fourth-order valence-electron chi connectivity index (χ4n) is 2.58. The number of pyridine rings is 1. The zero-order chi connectivity index (χ0) is 15.4. The van der Waals surface area contributed by atoms with Crippen LogP contribution in [0.2, 0.25) is 0 Å². The van der Waals surface area contributed by atoms with Crippen LogP contribution in [-0.4, -0.2) is 41.3 Å². The Morgan fingerprint density at radius 3 is 2.86 bits per heavy atom. The van der Waals surface area contributed by atoms with Crippen LogP contribution in [0.1, 0.15) is 23.2 Å². The molecule has 0 spiro atoms. The van der Waals surface area contributed by atoms with Crippen LogP contribution in [0.3, 0.4) is 0 Å². The predicted octanol–water partition coefficient (Wildman–Crippen LogP) is 2.66. The van der Waals surface area contributed by atoms with Gasteiger partial charge in [0.25, 0.3) is 5.91 Å². The molecule has 1 saturated heterocycles. The van der Waals surface area contributed by atoms with E-state index in [0.717, 1.165) is 36.1 Å². The molecule has 0 bridgehead atoms. The zero-order valence-corrected chi connectivity index (χ0v) is 14.0. The smallest absolute Gasteiger partial charge is 0.254 e. The summed E-state index contributed by atoms with van der Waals surface area (Å²) < 4.78 is 0. The normalized spacial score (nSPS) is 15.8. The van der Waals surface area contributed by atoms with Crippen molar-refractivity contribution in [2.45, 2.75) is 23.9 Å². The van der Waals surface area contributed by atoms with Crippen molar-refractivity contribution in [1.29, 1.82) is 0 Å². The van der Waals surface area contributed by atoms with Crippen LogP contribution in [0.5, 0.6) is 0 Å². The standard InChI is InChI=1S/C15H18N4OS2/c1-21-14-12(3-2-6-16-14)13(20)18-11-4-8-19(9-5-11)15-17-7-10-22-15/h2-3,6-7,10-11H,4-5,8-9H2,1H3,(H,18,20). The molecule has 3 heterocycles. The molecule has 1 aliphatic heterocycles. The highest BCUT2D eigenvalue weighted by Crippen LogP contribution is 2.22. The van der Waals surface area contributed by atoms with Crippen LogP contribution in [-0.2, 0) is 0 Å². The lowest BCUT2D eigenvalue weighted by Gasteiger charge is -2.32. The van der Waals surface area contributed by atoms with E-state index >= 15 is 0 Å². The largest absolute Gasteiger partial charge is 0.349 e. The molecule has 2 aromatic rings. The lowest BCUT2D eigenvalue weighted by atomic mass is 10.1. The Hall–Kier alpha value is -1.60. The maximum Gasteiger partial charge on any atom is 0.254 e. The number of hydrogen-bond donors (Lipinski definition) is 1. The second-order valence-electron chi connectivity index (χ2n) is 5.11. The van der Waals surface area contributed by atoms with Gasteiger partial charge in [0.15, 0.2) is 5.13 Å². The van der Waals surface area contributed by atoms with E-state index in [-0.39, 0.29) is 11.9 Å². The van der Waals surface area contributed by atoms with Gasteiger partial charge in [0.2, 0.25) is 0 Å². The average Bonchev–Trinajstić information content (AvgIpc) is 3.10. The van der Waals surface area contributed by atoms with Crippen molar-refractivity contribution in [1.82, 2.24) is 15.3 Å². The Labute approximate surface area is 138 Å². The van der Waals surface area contributed by atoms with E-state index in [1.54, 1.807) is 23.6 Å². The van der Waals surface area contributed by atoms with Gasteiger partial charge in [0.1, 0.15) is 5.03 Å². The summed E-state index contributed by atoms with van der Waals surface area (Å²) in [7, 11) is 0. The predicted molar refractivity (Wildman–Crippen MR) is 90.8 cm³/mol. The van der Waals surface area contributed by atoms with E-state index in [1.807, 2.05) is 23.9 Å². The fraction of sp³-hybridized carbons (Fsp3) is 0.400. The molecule has 0 atom stereocenters. The first-order chi connectivity index (χ1) is 10.8. The zero-order valence-electron chi connectivity index (χ0n) is 12.4. The number of thioether (sulfide) groups is 1. The summed E-state index contributed by atoms with van der Waals surface area (Å²) in [4.78, 5) is 23.3. The minimum Gasteiger partial charge on any atom is -0.349 e. The van der Waals surface area contributed by atoms with Crippen LogP contribution in [0, 0.1) is 0 Å². The molecule has 116 valence electrons. The van der Waals surface area contributed by atoms with Gasteiger partial charge < -0.3 is 10.2 Å². The van der Waals surface area contributed by atoms with E-state index in [9.17, 15) is 4.79 Å². The quantitative estimate of drug-likeness (QED) is 0.871. The molecule has 0 aliphatic carbocycles. The third kappa shape index (κ3) is 3.41. The molecule has 22 heavy (non-hydrogen) atoms. The van der Waals surface area contributed by atoms with Crippen molar-refractivity contribution < 1.29 is 4.79 Å². The molecule has 1 amide bonds. The van der Waals surface area contributed by atoms with E-state index in [1.165, 1.54) is 11.8 Å². The number of amides is 1. The molecule has 1 aliphatic rings. The Bertz CT molecular complexity index is 624. The highest BCUT2D eigenvalue weighted by atomic mass is 32.2. The fourth-order valence-corrected chi connectivity index (χ4v) is 3.82. The molecule has 5 nitrogen and oxygen atoms in total. The van der Waals surface area contributed by atoms with Crippen LogP contribution >= 0.6 is 23.1 Å². The van der Waals surface area contributed by atoms with Gasteiger partial charge in [0.05, 0.1) is 5.56 Å². The van der Waals surface area contributed by atoms with Gasteiger partial charge in [-0.25, -0.2) is 9.97 Å². The molecular formula is C15H18N4OS2. The first-order valence-corrected chi connectivity index (χ1v) is 9.32. The van der Waals surface area contributed by atoms with Crippen molar-refractivity contribution >= 4 is 34.1 Å². The topological polar surface area (TPSA) is 58.1 Å². The number of nitrogens with one attached hydrogen (secondary N) is 1. The van der Waals surface area contributed by atoms with Crippen molar-refractivity contribution in [2.24, 2.45) is 0 Å². The highest BCUT2D eigenvalue weighted by Gasteiger charge is 2.23. The van der Waals surface area contributed by atoms with E-state index in [0.29, 0.717) is 5.56 Å². The minimum atomic E-state index is -0.0230. The summed E-state index contributed by atoms with van der Waals surface area (Å²) in [6.07, 6.45) is 7.38. The summed E-state index contributed by atoms with van der Waals surface area (Å²) in [5.74, 6) is -0.0230. The summed E-state index contributed by atoms with van der Waals surface area (Å²) >= 11 is 3.16. The number of rotatable bonds is 4. The number of carbonyl (C=O) groups is 1. The molecule has 7 heteroatoms. The molecule has 3 rings (SSSR count). The summed E-state index contributed by atoms with van der Waals surface area (Å²) in [5, 5.41) is 6.98. The first kappa shape index (κ1) is 15.3. The number of anilines is 1. The number of nitrogens with zero attached hydrogens (tertiary/aromatic N) is 3.